The van der Waals surface area contributed by atoms with Crippen molar-refractivity contribution in [3.8, 4) is 16.3 Å². The first-order valence-corrected chi connectivity index (χ1v) is 12.8. The van der Waals surface area contributed by atoms with Crippen molar-refractivity contribution in [3.05, 3.63) is 41.5 Å². The van der Waals surface area contributed by atoms with Crippen LogP contribution in [-0.4, -0.2) is 59.2 Å². The van der Waals surface area contributed by atoms with Crippen LogP contribution in [0, 0.1) is 0 Å². The minimum Gasteiger partial charge on any atom is -0.449 e. The number of hydrogen-bond donors (Lipinski definition) is 1. The number of aromatic nitrogens is 1. The lowest BCUT2D eigenvalue weighted by atomic mass is 9.83. The molecule has 0 unspecified atom stereocenters. The highest BCUT2D eigenvalue weighted by molar-refractivity contribution is 7.21. The summed E-state index contributed by atoms with van der Waals surface area (Å²) in [5.74, 6) is 0.307. The second-order valence-electron chi connectivity index (χ2n) is 9.06. The summed E-state index contributed by atoms with van der Waals surface area (Å²) in [6, 6.07) is 9.18. The van der Waals surface area contributed by atoms with Crippen LogP contribution in [-0.2, 0) is 16.1 Å². The molecule has 0 atom stereocenters. The van der Waals surface area contributed by atoms with Gasteiger partial charge in [-0.05, 0) is 29.9 Å². The van der Waals surface area contributed by atoms with Crippen molar-refractivity contribution in [2.45, 2.75) is 44.6 Å². The zero-order valence-electron chi connectivity index (χ0n) is 19.4. The van der Waals surface area contributed by atoms with Crippen LogP contribution in [0.2, 0.25) is 0 Å². The van der Waals surface area contributed by atoms with Crippen LogP contribution in [0.5, 0.6) is 5.06 Å². The Bertz CT molecular complexity index is 1230. The Morgan fingerprint density at radius 2 is 1.83 bits per heavy atom. The number of thiophene rings is 1. The summed E-state index contributed by atoms with van der Waals surface area (Å²) in [6.45, 7) is 2.29. The molecule has 1 amide bonds. The second-order valence-corrected chi connectivity index (χ2v) is 10.1. The number of hydrogen-bond acceptors (Lipinski definition) is 6. The minimum absolute atomic E-state index is 0.00180. The van der Waals surface area contributed by atoms with Crippen molar-refractivity contribution in [1.82, 2.24) is 9.47 Å². The van der Waals surface area contributed by atoms with E-state index in [1.165, 1.54) is 17.8 Å². The van der Waals surface area contributed by atoms with E-state index in [1.807, 2.05) is 21.6 Å². The monoisotopic (exact) mass is 496 g/mol. The normalized spacial score (nSPS) is 17.0. The summed E-state index contributed by atoms with van der Waals surface area (Å²) in [5, 5.41) is 9.49. The molecule has 3 aromatic rings. The molecule has 9 heteroatoms. The van der Waals surface area contributed by atoms with Gasteiger partial charge in [0.05, 0.1) is 29.1 Å². The Morgan fingerprint density at radius 1 is 1.11 bits per heavy atom. The molecule has 1 saturated carbocycles. The maximum Gasteiger partial charge on any atom is 0.512 e. The predicted molar refractivity (Wildman–Crippen MR) is 133 cm³/mol. The minimum atomic E-state index is -1.35. The molecule has 184 valence electrons. The fourth-order valence-electron chi connectivity index (χ4n) is 5.28. The summed E-state index contributed by atoms with van der Waals surface area (Å²) in [7, 11) is 0. The van der Waals surface area contributed by atoms with Gasteiger partial charge in [0.15, 0.2) is 5.06 Å². The number of benzene rings is 1. The number of aldehydes is 1. The molecular formula is C26H28N2O6S. The lowest BCUT2D eigenvalue weighted by molar-refractivity contribution is -0.135. The number of morpholine rings is 1. The predicted octanol–water partition coefficient (Wildman–Crippen LogP) is 5.15. The molecule has 0 radical (unpaired) electrons. The van der Waals surface area contributed by atoms with Gasteiger partial charge < -0.3 is 24.0 Å². The zero-order valence-corrected chi connectivity index (χ0v) is 20.2. The number of carbonyl (C=O) groups excluding carboxylic acids is 2. The van der Waals surface area contributed by atoms with Gasteiger partial charge in [0.25, 0.3) is 0 Å². The highest BCUT2D eigenvalue weighted by atomic mass is 32.1. The summed E-state index contributed by atoms with van der Waals surface area (Å²) in [5.41, 5.74) is 4.46. The fourth-order valence-corrected chi connectivity index (χ4v) is 6.41. The van der Waals surface area contributed by atoms with Gasteiger partial charge in [-0.15, -0.1) is 0 Å². The van der Waals surface area contributed by atoms with E-state index in [9.17, 15) is 19.5 Å². The van der Waals surface area contributed by atoms with E-state index in [1.54, 1.807) is 18.2 Å². The Hall–Kier alpha value is -3.17. The number of amides is 1. The second kappa shape index (κ2) is 10.2. The molecule has 2 aliphatic rings. The Balaban J connectivity index is 1.67. The van der Waals surface area contributed by atoms with Crippen molar-refractivity contribution in [1.29, 1.82) is 0 Å². The maximum absolute atomic E-state index is 13.3. The molecule has 2 aromatic heterocycles. The lowest BCUT2D eigenvalue weighted by Gasteiger charge is -2.28. The number of carbonyl (C=O) groups is 3. The summed E-state index contributed by atoms with van der Waals surface area (Å²) in [6.07, 6.45) is 5.03. The lowest BCUT2D eigenvalue weighted by Crippen LogP contribution is -2.42. The molecule has 0 spiro atoms. The molecular weight excluding hydrogens is 468 g/mol. The van der Waals surface area contributed by atoms with Crippen LogP contribution < -0.4 is 4.74 Å². The average molecular weight is 497 g/mol. The molecule has 8 nitrogen and oxygen atoms in total. The summed E-state index contributed by atoms with van der Waals surface area (Å²) in [4.78, 5) is 37.7. The Kier molecular flexibility index (Phi) is 6.88. The Labute approximate surface area is 207 Å². The van der Waals surface area contributed by atoms with Crippen molar-refractivity contribution in [3.63, 3.8) is 0 Å². The third kappa shape index (κ3) is 4.83. The van der Waals surface area contributed by atoms with Gasteiger partial charge in [0.2, 0.25) is 5.91 Å². The molecule has 1 saturated heterocycles. The molecule has 1 N–H and O–H groups in total. The first-order valence-electron chi connectivity index (χ1n) is 12.0. The molecule has 1 aliphatic carbocycles. The highest BCUT2D eigenvalue weighted by Gasteiger charge is 2.30. The van der Waals surface area contributed by atoms with Gasteiger partial charge >= 0.3 is 6.16 Å². The van der Waals surface area contributed by atoms with Crippen molar-refractivity contribution >= 4 is 39.9 Å². The Morgan fingerprint density at radius 3 is 2.49 bits per heavy atom. The summed E-state index contributed by atoms with van der Waals surface area (Å²) < 4.78 is 13.4. The number of rotatable bonds is 6. The van der Waals surface area contributed by atoms with Crippen molar-refractivity contribution in [2.24, 2.45) is 0 Å². The van der Waals surface area contributed by atoms with E-state index in [4.69, 9.17) is 9.47 Å². The molecule has 2 fully saturated rings. The van der Waals surface area contributed by atoms with Crippen molar-refractivity contribution < 1.29 is 29.0 Å². The zero-order chi connectivity index (χ0) is 24.4. The fraction of sp³-hybridized carbons (Fsp3) is 0.423. The van der Waals surface area contributed by atoms with Crippen LogP contribution in [0.25, 0.3) is 21.5 Å². The third-order valence-corrected chi connectivity index (χ3v) is 7.96. The number of nitrogens with zero attached hydrogens (tertiary/aromatic N) is 2. The molecule has 1 aliphatic heterocycles. The van der Waals surface area contributed by atoms with Gasteiger partial charge in [-0.2, -0.15) is 0 Å². The van der Waals surface area contributed by atoms with E-state index in [-0.39, 0.29) is 12.5 Å². The molecule has 0 bridgehead atoms. The van der Waals surface area contributed by atoms with Crippen LogP contribution in [0.4, 0.5) is 4.79 Å². The van der Waals surface area contributed by atoms with E-state index in [0.29, 0.717) is 42.8 Å². The highest BCUT2D eigenvalue weighted by Crippen LogP contribution is 2.48. The van der Waals surface area contributed by atoms with E-state index in [0.717, 1.165) is 59.0 Å². The van der Waals surface area contributed by atoms with Crippen LogP contribution in [0.15, 0.2) is 30.3 Å². The van der Waals surface area contributed by atoms with Crippen LogP contribution >= 0.6 is 11.3 Å². The van der Waals surface area contributed by atoms with Crippen LogP contribution in [0.1, 0.15) is 53.9 Å². The average Bonchev–Trinajstić information content (AvgIpc) is 3.41. The molecule has 5 rings (SSSR count). The van der Waals surface area contributed by atoms with Crippen LogP contribution in [0.3, 0.4) is 0 Å². The first kappa shape index (κ1) is 23.6. The smallest absolute Gasteiger partial charge is 0.449 e. The molecule has 1 aromatic carbocycles. The summed E-state index contributed by atoms with van der Waals surface area (Å²) >= 11 is 1.32. The third-order valence-electron chi connectivity index (χ3n) is 6.93. The largest absolute Gasteiger partial charge is 0.512 e. The molecule has 35 heavy (non-hydrogen) atoms. The number of fused-ring (bicyclic) bond motifs is 1. The van der Waals surface area contributed by atoms with Crippen molar-refractivity contribution in [2.75, 3.05) is 26.3 Å². The van der Waals surface area contributed by atoms with Gasteiger partial charge in [-0.25, -0.2) is 4.79 Å². The van der Waals surface area contributed by atoms with Gasteiger partial charge in [-0.1, -0.05) is 54.9 Å². The quantitative estimate of drug-likeness (QED) is 0.375. The van der Waals surface area contributed by atoms with E-state index < -0.39 is 6.16 Å². The molecule has 3 heterocycles. The topological polar surface area (TPSA) is 98.1 Å². The maximum atomic E-state index is 13.3. The van der Waals surface area contributed by atoms with E-state index >= 15 is 0 Å². The van der Waals surface area contributed by atoms with Gasteiger partial charge in [0, 0.05) is 24.7 Å². The van der Waals surface area contributed by atoms with E-state index in [2.05, 4.69) is 0 Å². The number of carboxylic acid groups (broad SMARTS) is 1. The van der Waals surface area contributed by atoms with Gasteiger partial charge in [-0.3, -0.25) is 9.59 Å². The standard InChI is InChI=1S/C26H28N2O6S/c29-16-17-6-8-19(9-7-17)24-23(18-4-2-1-3-5-18)25-20(14-22(35-25)34-26(31)32)28(24)15-21(30)27-10-12-33-13-11-27/h6-9,14,16,18H,1-5,10-13,15H2,(H,31,32). The van der Waals surface area contributed by atoms with Gasteiger partial charge in [0.1, 0.15) is 12.8 Å². The first-order chi connectivity index (χ1) is 17.0. The SMILES string of the molecule is O=Cc1ccc(-c2c(C3CCCCC3)c3sc(OC(=O)O)cc3n2CC(=O)N2CCOCC2)cc1. The number of ether oxygens (including phenoxy) is 2.